The fourth-order valence-electron chi connectivity index (χ4n) is 2.34. The number of benzene rings is 2. The normalized spacial score (nSPS) is 10.9. The second-order valence-corrected chi connectivity index (χ2v) is 5.88. The van der Waals surface area contributed by atoms with Crippen LogP contribution < -0.4 is 19.5 Å². The van der Waals surface area contributed by atoms with Crippen LogP contribution in [0.5, 0.6) is 17.2 Å². The van der Waals surface area contributed by atoms with Gasteiger partial charge in [-0.1, -0.05) is 12.1 Å². The molecule has 2 aromatic rings. The number of methoxy groups -OCH3 is 3. The van der Waals surface area contributed by atoms with Gasteiger partial charge in [0.15, 0.2) is 11.5 Å². The molecule has 0 aliphatic heterocycles. The number of ether oxygens (including phenoxy) is 3. The Hall–Kier alpha value is -2.69. The number of amides is 1. The Balaban J connectivity index is 2.26. The first kappa shape index (κ1) is 17.7. The van der Waals surface area contributed by atoms with Crippen LogP contribution in [0.15, 0.2) is 42.5 Å². The quantitative estimate of drug-likeness (QED) is 0.879. The minimum absolute atomic E-state index is 0.122. The van der Waals surface area contributed by atoms with Gasteiger partial charge in [0.2, 0.25) is 5.91 Å². The summed E-state index contributed by atoms with van der Waals surface area (Å²) in [6.45, 7) is 3.73. The average molecular weight is 329 g/mol. The SMILES string of the molecule is COc1cccc(NC(=O)C(C)(C)c2ccc(OC)c(OC)c2)c1. The third-order valence-electron chi connectivity index (χ3n) is 4.00. The maximum atomic E-state index is 12.8. The molecule has 5 nitrogen and oxygen atoms in total. The maximum Gasteiger partial charge on any atom is 0.234 e. The molecule has 0 bridgehead atoms. The summed E-state index contributed by atoms with van der Waals surface area (Å²) in [6.07, 6.45) is 0. The Kier molecular flexibility index (Phi) is 5.34. The van der Waals surface area contributed by atoms with E-state index in [0.29, 0.717) is 22.9 Å². The standard InChI is InChI=1S/C19H23NO4/c1-19(2,13-9-10-16(23-4)17(11-13)24-5)18(21)20-14-7-6-8-15(12-14)22-3/h6-12H,1-5H3,(H,20,21). The number of anilines is 1. The highest BCUT2D eigenvalue weighted by Gasteiger charge is 2.31. The van der Waals surface area contributed by atoms with Crippen molar-refractivity contribution in [3.8, 4) is 17.2 Å². The van der Waals surface area contributed by atoms with Crippen LogP contribution >= 0.6 is 0 Å². The Morgan fingerprint density at radius 1 is 0.917 bits per heavy atom. The molecule has 0 aliphatic carbocycles. The van der Waals surface area contributed by atoms with E-state index in [1.165, 1.54) is 0 Å². The van der Waals surface area contributed by atoms with Gasteiger partial charge in [-0.15, -0.1) is 0 Å². The first-order valence-corrected chi connectivity index (χ1v) is 7.60. The van der Waals surface area contributed by atoms with Crippen LogP contribution in [-0.4, -0.2) is 27.2 Å². The van der Waals surface area contributed by atoms with Crippen LogP contribution in [-0.2, 0) is 10.2 Å². The monoisotopic (exact) mass is 329 g/mol. The molecule has 0 aliphatic rings. The lowest BCUT2D eigenvalue weighted by atomic mass is 9.83. The second-order valence-electron chi connectivity index (χ2n) is 5.88. The highest BCUT2D eigenvalue weighted by Crippen LogP contribution is 2.34. The molecule has 2 rings (SSSR count). The zero-order valence-corrected chi connectivity index (χ0v) is 14.7. The minimum atomic E-state index is -0.747. The summed E-state index contributed by atoms with van der Waals surface area (Å²) in [7, 11) is 4.75. The molecule has 0 aromatic heterocycles. The number of hydrogen-bond donors (Lipinski definition) is 1. The van der Waals surface area contributed by atoms with Gasteiger partial charge in [0, 0.05) is 11.8 Å². The summed E-state index contributed by atoms with van der Waals surface area (Å²) in [5.41, 5.74) is 0.774. The molecule has 0 spiro atoms. The third kappa shape index (κ3) is 3.62. The first-order chi connectivity index (χ1) is 11.4. The number of carbonyl (C=O) groups is 1. The zero-order valence-electron chi connectivity index (χ0n) is 14.7. The molecule has 2 aromatic carbocycles. The van der Waals surface area contributed by atoms with Gasteiger partial charge in [-0.2, -0.15) is 0 Å². The van der Waals surface area contributed by atoms with E-state index < -0.39 is 5.41 Å². The third-order valence-corrected chi connectivity index (χ3v) is 4.00. The number of carbonyl (C=O) groups excluding carboxylic acids is 1. The van der Waals surface area contributed by atoms with E-state index in [0.717, 1.165) is 5.56 Å². The first-order valence-electron chi connectivity index (χ1n) is 7.60. The van der Waals surface area contributed by atoms with E-state index in [1.54, 1.807) is 33.5 Å². The van der Waals surface area contributed by atoms with E-state index >= 15 is 0 Å². The molecule has 5 heteroatoms. The lowest BCUT2D eigenvalue weighted by Gasteiger charge is -2.25. The van der Waals surface area contributed by atoms with Crippen LogP contribution in [0, 0.1) is 0 Å². The van der Waals surface area contributed by atoms with Gasteiger partial charge in [0.05, 0.1) is 26.7 Å². The summed E-state index contributed by atoms with van der Waals surface area (Å²) in [5, 5.41) is 2.93. The summed E-state index contributed by atoms with van der Waals surface area (Å²) >= 11 is 0. The smallest absolute Gasteiger partial charge is 0.234 e. The zero-order chi connectivity index (χ0) is 17.7. The molecule has 0 unspecified atom stereocenters. The predicted octanol–water partition coefficient (Wildman–Crippen LogP) is 3.63. The van der Waals surface area contributed by atoms with Crippen molar-refractivity contribution in [2.24, 2.45) is 0 Å². The molecule has 0 fully saturated rings. The molecule has 0 saturated heterocycles. The molecule has 1 amide bonds. The lowest BCUT2D eigenvalue weighted by molar-refractivity contribution is -0.120. The Morgan fingerprint density at radius 2 is 1.62 bits per heavy atom. The Labute approximate surface area is 142 Å². The van der Waals surface area contributed by atoms with Crippen molar-refractivity contribution in [2.45, 2.75) is 19.3 Å². The number of rotatable bonds is 6. The summed E-state index contributed by atoms with van der Waals surface area (Å²) in [4.78, 5) is 12.8. The fourth-order valence-corrected chi connectivity index (χ4v) is 2.34. The van der Waals surface area contributed by atoms with Gasteiger partial charge in [-0.3, -0.25) is 4.79 Å². The highest BCUT2D eigenvalue weighted by atomic mass is 16.5. The summed E-state index contributed by atoms with van der Waals surface area (Å²) < 4.78 is 15.8. The van der Waals surface area contributed by atoms with Crippen molar-refractivity contribution < 1.29 is 19.0 Å². The van der Waals surface area contributed by atoms with Gasteiger partial charge < -0.3 is 19.5 Å². The van der Waals surface area contributed by atoms with Gasteiger partial charge in [-0.05, 0) is 43.7 Å². The van der Waals surface area contributed by atoms with Gasteiger partial charge >= 0.3 is 0 Å². The van der Waals surface area contributed by atoms with Crippen molar-refractivity contribution in [3.63, 3.8) is 0 Å². The van der Waals surface area contributed by atoms with Crippen LogP contribution in [0.25, 0.3) is 0 Å². The van der Waals surface area contributed by atoms with Crippen molar-refractivity contribution in [1.82, 2.24) is 0 Å². The van der Waals surface area contributed by atoms with Crippen molar-refractivity contribution in [3.05, 3.63) is 48.0 Å². The van der Waals surface area contributed by atoms with E-state index in [4.69, 9.17) is 14.2 Å². The van der Waals surface area contributed by atoms with Crippen molar-refractivity contribution in [2.75, 3.05) is 26.6 Å². The minimum Gasteiger partial charge on any atom is -0.497 e. The van der Waals surface area contributed by atoms with E-state index in [2.05, 4.69) is 5.32 Å². The van der Waals surface area contributed by atoms with Crippen molar-refractivity contribution >= 4 is 11.6 Å². The van der Waals surface area contributed by atoms with Crippen LogP contribution in [0.3, 0.4) is 0 Å². The molecular formula is C19H23NO4. The van der Waals surface area contributed by atoms with E-state index in [9.17, 15) is 4.79 Å². The maximum absolute atomic E-state index is 12.8. The molecule has 0 atom stereocenters. The average Bonchev–Trinajstić information content (AvgIpc) is 2.61. The molecule has 1 N–H and O–H groups in total. The molecule has 128 valence electrons. The molecule has 0 heterocycles. The van der Waals surface area contributed by atoms with Crippen LogP contribution in [0.1, 0.15) is 19.4 Å². The van der Waals surface area contributed by atoms with E-state index in [-0.39, 0.29) is 5.91 Å². The largest absolute Gasteiger partial charge is 0.497 e. The second kappa shape index (κ2) is 7.25. The number of hydrogen-bond acceptors (Lipinski definition) is 4. The van der Waals surface area contributed by atoms with Gasteiger partial charge in [0.1, 0.15) is 5.75 Å². The summed E-state index contributed by atoms with van der Waals surface area (Å²) in [6, 6.07) is 12.8. The van der Waals surface area contributed by atoms with Gasteiger partial charge in [0.25, 0.3) is 0 Å². The Morgan fingerprint density at radius 3 is 2.25 bits per heavy atom. The lowest BCUT2D eigenvalue weighted by Crippen LogP contribution is -2.34. The molecule has 0 saturated carbocycles. The van der Waals surface area contributed by atoms with E-state index in [1.807, 2.05) is 44.2 Å². The van der Waals surface area contributed by atoms with Gasteiger partial charge in [-0.25, -0.2) is 0 Å². The number of nitrogens with one attached hydrogen (secondary N) is 1. The molecule has 24 heavy (non-hydrogen) atoms. The Bertz CT molecular complexity index is 725. The van der Waals surface area contributed by atoms with Crippen LogP contribution in [0.4, 0.5) is 5.69 Å². The van der Waals surface area contributed by atoms with Crippen LogP contribution in [0.2, 0.25) is 0 Å². The fraction of sp³-hybridized carbons (Fsp3) is 0.316. The summed E-state index contributed by atoms with van der Waals surface area (Å²) in [5.74, 6) is 1.79. The highest BCUT2D eigenvalue weighted by molar-refractivity contribution is 5.98. The topological polar surface area (TPSA) is 56.8 Å². The van der Waals surface area contributed by atoms with Crippen molar-refractivity contribution in [1.29, 1.82) is 0 Å². The molecular weight excluding hydrogens is 306 g/mol. The molecule has 0 radical (unpaired) electrons. The predicted molar refractivity (Wildman–Crippen MR) is 94.2 cm³/mol.